The van der Waals surface area contributed by atoms with E-state index >= 15 is 0 Å². The van der Waals surface area contributed by atoms with Crippen LogP contribution in [0.2, 0.25) is 5.02 Å². The Bertz CT molecular complexity index is 2170. The van der Waals surface area contributed by atoms with Crippen molar-refractivity contribution in [2.75, 3.05) is 30.3 Å². The highest BCUT2D eigenvalue weighted by molar-refractivity contribution is 7.92. The molecule has 0 unspecified atom stereocenters. The minimum atomic E-state index is -3.76. The first-order valence-electron chi connectivity index (χ1n) is 15.0. The van der Waals surface area contributed by atoms with Crippen molar-refractivity contribution in [1.82, 2.24) is 9.88 Å². The van der Waals surface area contributed by atoms with Crippen LogP contribution in [-0.4, -0.2) is 55.9 Å². The molecule has 0 aliphatic carbocycles. The number of nitrogens with zero attached hydrogens (tertiary/aromatic N) is 2. The number of aromatic nitrogens is 1. The molecule has 8 nitrogen and oxygen atoms in total. The highest BCUT2D eigenvalue weighted by Gasteiger charge is 2.24. The van der Waals surface area contributed by atoms with Gasteiger partial charge in [-0.15, -0.1) is 0 Å². The number of ether oxygens (including phenoxy) is 1. The topological polar surface area (TPSA) is 99.8 Å². The number of nitrogens with one attached hydrogen (secondary N) is 1. The van der Waals surface area contributed by atoms with E-state index in [0.717, 1.165) is 33.6 Å². The molecule has 1 amide bonds. The number of benzene rings is 5. The van der Waals surface area contributed by atoms with E-state index in [-0.39, 0.29) is 54.2 Å². The smallest absolute Gasteiger partial charge is 0.254 e. The van der Waals surface area contributed by atoms with Crippen LogP contribution in [0.5, 0.6) is 5.75 Å². The van der Waals surface area contributed by atoms with E-state index in [1.54, 1.807) is 24.3 Å². The van der Waals surface area contributed by atoms with Crippen molar-refractivity contribution >= 4 is 60.8 Å². The van der Waals surface area contributed by atoms with Gasteiger partial charge in [0.15, 0.2) is 5.78 Å². The minimum absolute atomic E-state index is 0.0390. The van der Waals surface area contributed by atoms with Gasteiger partial charge in [0.05, 0.1) is 42.1 Å². The number of Topliss-reactive ketones (excluding diaryl/α,β-unsaturated/α-hetero) is 1. The van der Waals surface area contributed by atoms with E-state index in [0.29, 0.717) is 11.3 Å². The van der Waals surface area contributed by atoms with E-state index in [2.05, 4.69) is 11.1 Å². The number of fused-ring (bicyclic) bond motifs is 3. The lowest BCUT2D eigenvalue weighted by molar-refractivity contribution is 0.0686. The normalized spacial score (nSPS) is 11.4. The number of amides is 1. The monoisotopic (exact) mass is 665 g/mol. The van der Waals surface area contributed by atoms with Gasteiger partial charge in [0.25, 0.3) is 5.91 Å². The van der Waals surface area contributed by atoms with Crippen molar-refractivity contribution in [3.63, 3.8) is 0 Å². The van der Waals surface area contributed by atoms with Gasteiger partial charge >= 0.3 is 0 Å². The summed E-state index contributed by atoms with van der Waals surface area (Å²) in [5, 5.41) is 2.39. The molecule has 1 N–H and O–H groups in total. The molecule has 1 heterocycles. The van der Waals surface area contributed by atoms with Gasteiger partial charge in [-0.05, 0) is 54.1 Å². The Balaban J connectivity index is 1.22. The molecule has 0 spiro atoms. The Morgan fingerprint density at radius 3 is 2.19 bits per heavy atom. The lowest BCUT2D eigenvalue weighted by atomic mass is 10.1. The molecule has 0 fully saturated rings. The fourth-order valence-corrected chi connectivity index (χ4v) is 6.65. The zero-order valence-electron chi connectivity index (χ0n) is 25.6. The third kappa shape index (κ3) is 7.32. The van der Waals surface area contributed by atoms with Crippen LogP contribution in [0.1, 0.15) is 26.3 Å². The molecule has 5 aromatic carbocycles. The number of hydrogen-bond donors (Lipinski definition) is 1. The lowest BCUT2D eigenvalue weighted by Crippen LogP contribution is -2.38. The predicted molar refractivity (Wildman–Crippen MR) is 187 cm³/mol. The highest BCUT2D eigenvalue weighted by atomic mass is 35.5. The first-order valence-corrected chi connectivity index (χ1v) is 17.2. The first kappa shape index (κ1) is 31.8. The van der Waals surface area contributed by atoms with E-state index in [9.17, 15) is 18.0 Å². The van der Waals surface area contributed by atoms with Gasteiger partial charge in [-0.2, -0.15) is 0 Å². The summed E-state index contributed by atoms with van der Waals surface area (Å²) in [6, 6.07) is 36.2. The summed E-state index contributed by atoms with van der Waals surface area (Å²) in [6.07, 6.45) is 1.09. The molecule has 6 aromatic rings. The maximum absolute atomic E-state index is 13.7. The van der Waals surface area contributed by atoms with Crippen molar-refractivity contribution in [3.05, 3.63) is 143 Å². The molecule has 10 heteroatoms. The van der Waals surface area contributed by atoms with E-state index < -0.39 is 10.0 Å². The Hall–Kier alpha value is -5.12. The summed E-state index contributed by atoms with van der Waals surface area (Å²) in [5.41, 5.74) is 3.56. The quantitative estimate of drug-likeness (QED) is 0.138. The van der Waals surface area contributed by atoms with E-state index in [1.165, 1.54) is 27.4 Å². The number of hydrogen-bond acceptors (Lipinski definition) is 5. The first-order chi connectivity index (χ1) is 22.7. The van der Waals surface area contributed by atoms with Gasteiger partial charge in [-0.3, -0.25) is 13.9 Å². The summed E-state index contributed by atoms with van der Waals surface area (Å²) >= 11 is 6.49. The van der Waals surface area contributed by atoms with Crippen molar-refractivity contribution in [3.8, 4) is 5.75 Å². The summed E-state index contributed by atoms with van der Waals surface area (Å²) in [5.74, 6) is -0.0754. The number of aromatic amines is 1. The van der Waals surface area contributed by atoms with Crippen molar-refractivity contribution < 1.29 is 22.7 Å². The predicted octanol–water partition coefficient (Wildman–Crippen LogP) is 7.34. The third-order valence-corrected chi connectivity index (χ3v) is 9.30. The molecule has 0 radical (unpaired) electrons. The van der Waals surface area contributed by atoms with Crippen molar-refractivity contribution in [2.24, 2.45) is 0 Å². The number of anilines is 1. The summed E-state index contributed by atoms with van der Waals surface area (Å²) < 4.78 is 33.0. The zero-order valence-corrected chi connectivity index (χ0v) is 27.2. The minimum Gasteiger partial charge on any atom is -0.492 e. The Morgan fingerprint density at radius 1 is 0.766 bits per heavy atom. The third-order valence-electron chi connectivity index (χ3n) is 7.86. The van der Waals surface area contributed by atoms with Crippen LogP contribution in [0, 0.1) is 0 Å². The SMILES string of the molecule is CS(=O)(=O)N(Cc1ccccc1)c1cc(C(=O)CN(CCOc2ccc3c(c2)[nH]c2ccccc23)C(=O)c2ccccc2)ccc1Cl. The fraction of sp³-hybridized carbons (Fsp3) is 0.135. The molecule has 0 atom stereocenters. The molecule has 0 bridgehead atoms. The highest BCUT2D eigenvalue weighted by Crippen LogP contribution is 2.31. The summed E-state index contributed by atoms with van der Waals surface area (Å²) in [6.45, 7) is 0.0601. The Morgan fingerprint density at radius 2 is 1.45 bits per heavy atom. The van der Waals surface area contributed by atoms with E-state index in [1.807, 2.05) is 72.8 Å². The number of carbonyl (C=O) groups is 2. The maximum atomic E-state index is 13.7. The largest absolute Gasteiger partial charge is 0.492 e. The van der Waals surface area contributed by atoms with Crippen LogP contribution in [-0.2, 0) is 16.6 Å². The molecule has 0 saturated heterocycles. The molecule has 6 rings (SSSR count). The van der Waals surface area contributed by atoms with Gasteiger partial charge in [-0.1, -0.05) is 78.3 Å². The second-order valence-corrected chi connectivity index (χ2v) is 13.5. The van der Waals surface area contributed by atoms with Crippen LogP contribution in [0.4, 0.5) is 5.69 Å². The standard InChI is InChI=1S/C37H32ClN3O5S/c1-47(44,45)41(24-26-10-4-2-5-11-26)35-22-28(16-19-32(35)38)36(42)25-40(37(43)27-12-6-3-7-13-27)20-21-46-29-17-18-31-30-14-8-9-15-33(30)39-34(31)23-29/h2-19,22-23,39H,20-21,24-25H2,1H3. The van der Waals surface area contributed by atoms with Crippen LogP contribution in [0.3, 0.4) is 0 Å². The van der Waals surface area contributed by atoms with Gasteiger partial charge in [0.2, 0.25) is 10.0 Å². The molecule has 47 heavy (non-hydrogen) atoms. The fourth-order valence-electron chi connectivity index (χ4n) is 5.49. The average molecular weight is 666 g/mol. The molecular formula is C37H32ClN3O5S. The van der Waals surface area contributed by atoms with Crippen LogP contribution in [0.15, 0.2) is 121 Å². The number of halogens is 1. The Kier molecular flexibility index (Phi) is 9.29. The van der Waals surface area contributed by atoms with Crippen LogP contribution >= 0.6 is 11.6 Å². The number of rotatable bonds is 12. The Labute approximate surface area is 278 Å². The molecule has 0 aliphatic heterocycles. The number of sulfonamides is 1. The lowest BCUT2D eigenvalue weighted by Gasteiger charge is -2.25. The zero-order chi connectivity index (χ0) is 33.0. The molecule has 1 aromatic heterocycles. The van der Waals surface area contributed by atoms with Crippen LogP contribution in [0.25, 0.3) is 21.8 Å². The van der Waals surface area contributed by atoms with Gasteiger partial charge in [0.1, 0.15) is 12.4 Å². The van der Waals surface area contributed by atoms with Crippen LogP contribution < -0.4 is 9.04 Å². The number of H-pyrrole nitrogens is 1. The van der Waals surface area contributed by atoms with Gasteiger partial charge in [-0.25, -0.2) is 8.42 Å². The number of ketones is 1. The maximum Gasteiger partial charge on any atom is 0.254 e. The molecule has 0 aliphatic rings. The molecule has 0 saturated carbocycles. The summed E-state index contributed by atoms with van der Waals surface area (Å²) in [4.78, 5) is 32.1. The van der Waals surface area contributed by atoms with Gasteiger partial charge in [0, 0.05) is 33.5 Å². The number of carbonyl (C=O) groups excluding carboxylic acids is 2. The number of para-hydroxylation sites is 1. The average Bonchev–Trinajstić information content (AvgIpc) is 3.45. The molecular weight excluding hydrogens is 634 g/mol. The van der Waals surface area contributed by atoms with Crippen molar-refractivity contribution in [1.29, 1.82) is 0 Å². The van der Waals surface area contributed by atoms with Gasteiger partial charge < -0.3 is 14.6 Å². The summed E-state index contributed by atoms with van der Waals surface area (Å²) in [7, 11) is -3.76. The molecule has 238 valence electrons. The van der Waals surface area contributed by atoms with Crippen molar-refractivity contribution in [2.45, 2.75) is 6.54 Å². The second kappa shape index (κ2) is 13.7. The van der Waals surface area contributed by atoms with E-state index in [4.69, 9.17) is 16.3 Å². The second-order valence-electron chi connectivity index (χ2n) is 11.2.